The van der Waals surface area contributed by atoms with Crippen molar-refractivity contribution in [2.75, 3.05) is 11.9 Å². The number of nitrogens with one attached hydrogen (secondary N) is 1. The number of ether oxygens (including phenoxy) is 1. The van der Waals surface area contributed by atoms with Gasteiger partial charge in [-0.2, -0.15) is 0 Å². The third-order valence-electron chi connectivity index (χ3n) is 2.83. The lowest BCUT2D eigenvalue weighted by Gasteiger charge is -2.08. The Hall–Kier alpha value is -3.56. The number of benzene rings is 2. The Kier molecular flexibility index (Phi) is 5.00. The number of carbonyl (C=O) groups is 1. The maximum absolute atomic E-state index is 13.5. The number of hydrogen-bond donors (Lipinski definition) is 1. The Morgan fingerprint density at radius 2 is 1.75 bits per heavy atom. The van der Waals surface area contributed by atoms with E-state index in [-0.39, 0.29) is 22.8 Å². The second-order valence-electron chi connectivity index (χ2n) is 4.51. The van der Waals surface area contributed by atoms with Crippen LogP contribution in [0.4, 0.5) is 21.5 Å². The number of carbonyl (C=O) groups excluding carboxylic acids is 1. The number of nitro benzene ring substituents is 2. The van der Waals surface area contributed by atoms with Crippen molar-refractivity contribution in [3.8, 4) is 5.75 Å². The van der Waals surface area contributed by atoms with Crippen molar-refractivity contribution >= 4 is 23.0 Å². The fourth-order valence-electron chi connectivity index (χ4n) is 1.74. The monoisotopic (exact) mass is 335 g/mol. The first-order valence-corrected chi connectivity index (χ1v) is 6.48. The van der Waals surface area contributed by atoms with Gasteiger partial charge in [0, 0.05) is 18.2 Å². The molecule has 0 aliphatic heterocycles. The summed E-state index contributed by atoms with van der Waals surface area (Å²) < 4.78 is 18.6. The average Bonchev–Trinajstić information content (AvgIpc) is 2.55. The number of nitro groups is 2. The van der Waals surface area contributed by atoms with Gasteiger partial charge in [0.05, 0.1) is 21.6 Å². The van der Waals surface area contributed by atoms with Crippen LogP contribution in [0, 0.1) is 26.0 Å². The smallest absolute Gasteiger partial charge is 0.273 e. The third-order valence-corrected chi connectivity index (χ3v) is 2.83. The predicted octanol–water partition coefficient (Wildman–Crippen LogP) is 2.66. The zero-order valence-corrected chi connectivity index (χ0v) is 12.0. The third kappa shape index (κ3) is 4.22. The number of amides is 1. The van der Waals surface area contributed by atoms with E-state index in [4.69, 9.17) is 4.74 Å². The van der Waals surface area contributed by atoms with E-state index in [9.17, 15) is 29.4 Å². The van der Waals surface area contributed by atoms with Crippen LogP contribution in [-0.2, 0) is 4.79 Å². The lowest BCUT2D eigenvalue weighted by molar-refractivity contribution is -0.385. The highest BCUT2D eigenvalue weighted by Crippen LogP contribution is 2.22. The van der Waals surface area contributed by atoms with Crippen molar-refractivity contribution in [2.45, 2.75) is 0 Å². The minimum Gasteiger partial charge on any atom is -0.484 e. The van der Waals surface area contributed by atoms with Crippen LogP contribution in [0.25, 0.3) is 0 Å². The Morgan fingerprint density at radius 3 is 2.42 bits per heavy atom. The second kappa shape index (κ2) is 7.13. The van der Waals surface area contributed by atoms with Crippen LogP contribution in [0.2, 0.25) is 0 Å². The molecule has 0 aliphatic rings. The Bertz CT molecular complexity index is 811. The SMILES string of the molecule is O=C(COc1cccc([N+](=O)[O-])c1)Nc1cc([N+](=O)[O-])ccc1F. The predicted molar refractivity (Wildman–Crippen MR) is 80.3 cm³/mol. The molecule has 0 atom stereocenters. The molecule has 0 saturated carbocycles. The van der Waals surface area contributed by atoms with Gasteiger partial charge < -0.3 is 10.1 Å². The van der Waals surface area contributed by atoms with Gasteiger partial charge in [-0.05, 0) is 12.1 Å². The summed E-state index contributed by atoms with van der Waals surface area (Å²) in [4.78, 5) is 31.7. The molecule has 2 aromatic rings. The number of halogens is 1. The molecule has 0 bridgehead atoms. The molecule has 1 amide bonds. The van der Waals surface area contributed by atoms with E-state index in [1.807, 2.05) is 0 Å². The first kappa shape index (κ1) is 16.8. The molecular weight excluding hydrogens is 325 g/mol. The second-order valence-corrected chi connectivity index (χ2v) is 4.51. The number of nitrogens with zero attached hydrogens (tertiary/aromatic N) is 2. The number of non-ortho nitro benzene ring substituents is 2. The van der Waals surface area contributed by atoms with Gasteiger partial charge in [0.1, 0.15) is 11.6 Å². The number of rotatable bonds is 6. The zero-order chi connectivity index (χ0) is 17.7. The molecule has 0 fully saturated rings. The van der Waals surface area contributed by atoms with Gasteiger partial charge in [-0.1, -0.05) is 6.07 Å². The highest BCUT2D eigenvalue weighted by atomic mass is 19.1. The van der Waals surface area contributed by atoms with E-state index in [1.165, 1.54) is 18.2 Å². The van der Waals surface area contributed by atoms with Crippen molar-refractivity contribution in [2.24, 2.45) is 0 Å². The normalized spacial score (nSPS) is 10.0. The lowest BCUT2D eigenvalue weighted by atomic mass is 10.2. The molecule has 1 N–H and O–H groups in total. The van der Waals surface area contributed by atoms with Crippen molar-refractivity contribution in [1.29, 1.82) is 0 Å². The summed E-state index contributed by atoms with van der Waals surface area (Å²) in [5.41, 5.74) is -0.958. The minimum atomic E-state index is -0.843. The molecule has 10 heteroatoms. The zero-order valence-electron chi connectivity index (χ0n) is 12.0. The van der Waals surface area contributed by atoms with Crippen LogP contribution in [0.3, 0.4) is 0 Å². The molecule has 0 aromatic heterocycles. The topological polar surface area (TPSA) is 125 Å². The molecule has 0 spiro atoms. The van der Waals surface area contributed by atoms with Gasteiger partial charge in [0.2, 0.25) is 0 Å². The summed E-state index contributed by atoms with van der Waals surface area (Å²) in [6.45, 7) is -0.552. The fraction of sp³-hybridized carbons (Fsp3) is 0.0714. The molecule has 9 nitrogen and oxygen atoms in total. The molecule has 2 aromatic carbocycles. The summed E-state index contributed by atoms with van der Waals surface area (Å²) in [5.74, 6) is -1.54. The van der Waals surface area contributed by atoms with E-state index in [1.54, 1.807) is 0 Å². The summed E-state index contributed by atoms with van der Waals surface area (Å²) in [6.07, 6.45) is 0. The van der Waals surface area contributed by atoms with Crippen LogP contribution in [0.1, 0.15) is 0 Å². The van der Waals surface area contributed by atoms with E-state index in [0.29, 0.717) is 0 Å². The molecule has 2 rings (SSSR count). The van der Waals surface area contributed by atoms with Crippen LogP contribution < -0.4 is 10.1 Å². The first-order valence-electron chi connectivity index (χ1n) is 6.48. The Morgan fingerprint density at radius 1 is 1.08 bits per heavy atom. The van der Waals surface area contributed by atoms with Crippen LogP contribution in [-0.4, -0.2) is 22.4 Å². The maximum atomic E-state index is 13.5. The minimum absolute atomic E-state index is 0.0823. The van der Waals surface area contributed by atoms with Gasteiger partial charge in [-0.3, -0.25) is 25.0 Å². The van der Waals surface area contributed by atoms with E-state index in [0.717, 1.165) is 24.3 Å². The van der Waals surface area contributed by atoms with Crippen molar-refractivity contribution in [1.82, 2.24) is 0 Å². The largest absolute Gasteiger partial charge is 0.484 e. The van der Waals surface area contributed by atoms with E-state index < -0.39 is 28.2 Å². The highest BCUT2D eigenvalue weighted by molar-refractivity contribution is 5.92. The van der Waals surface area contributed by atoms with Crippen molar-refractivity contribution < 1.29 is 23.8 Å². The Balaban J connectivity index is 2.01. The molecule has 24 heavy (non-hydrogen) atoms. The number of hydrogen-bond acceptors (Lipinski definition) is 6. The van der Waals surface area contributed by atoms with E-state index >= 15 is 0 Å². The molecule has 0 unspecified atom stereocenters. The fourth-order valence-corrected chi connectivity index (χ4v) is 1.74. The van der Waals surface area contributed by atoms with Crippen LogP contribution in [0.5, 0.6) is 5.75 Å². The van der Waals surface area contributed by atoms with Gasteiger partial charge in [0.15, 0.2) is 6.61 Å². The summed E-state index contributed by atoms with van der Waals surface area (Å²) in [5, 5.41) is 23.4. The lowest BCUT2D eigenvalue weighted by Crippen LogP contribution is -2.20. The standard InChI is InChI=1S/C14H10FN3O6/c15-12-5-4-10(18(22)23)7-13(12)16-14(19)8-24-11-3-1-2-9(6-11)17(20)21/h1-7H,8H2,(H,16,19). The molecular formula is C14H10FN3O6. The molecule has 0 heterocycles. The molecule has 0 aliphatic carbocycles. The van der Waals surface area contributed by atoms with Crippen LogP contribution in [0.15, 0.2) is 42.5 Å². The van der Waals surface area contributed by atoms with Crippen molar-refractivity contribution in [3.05, 3.63) is 68.5 Å². The van der Waals surface area contributed by atoms with Gasteiger partial charge >= 0.3 is 0 Å². The van der Waals surface area contributed by atoms with Gasteiger partial charge in [-0.15, -0.1) is 0 Å². The first-order chi connectivity index (χ1) is 11.4. The Labute approximate surface area is 134 Å². The molecule has 124 valence electrons. The highest BCUT2D eigenvalue weighted by Gasteiger charge is 2.14. The molecule has 0 saturated heterocycles. The summed E-state index contributed by atoms with van der Waals surface area (Å²) >= 11 is 0. The van der Waals surface area contributed by atoms with Gasteiger partial charge in [-0.25, -0.2) is 4.39 Å². The number of anilines is 1. The molecule has 0 radical (unpaired) electrons. The van der Waals surface area contributed by atoms with Crippen molar-refractivity contribution in [3.63, 3.8) is 0 Å². The quantitative estimate of drug-likeness (QED) is 0.639. The van der Waals surface area contributed by atoms with Crippen LogP contribution >= 0.6 is 0 Å². The van der Waals surface area contributed by atoms with Gasteiger partial charge in [0.25, 0.3) is 17.3 Å². The average molecular weight is 335 g/mol. The summed E-state index contributed by atoms with van der Waals surface area (Å²) in [7, 11) is 0. The summed E-state index contributed by atoms with van der Waals surface area (Å²) in [6, 6.07) is 7.87. The van der Waals surface area contributed by atoms with E-state index in [2.05, 4.69) is 5.32 Å². The maximum Gasteiger partial charge on any atom is 0.273 e.